The number of rotatable bonds is 6. The molecule has 0 heterocycles. The van der Waals surface area contributed by atoms with E-state index in [1.54, 1.807) is 12.1 Å². The number of benzene rings is 3. The van der Waals surface area contributed by atoms with Crippen molar-refractivity contribution in [1.82, 2.24) is 4.90 Å². The van der Waals surface area contributed by atoms with Crippen molar-refractivity contribution in [2.45, 2.75) is 71.1 Å². The van der Waals surface area contributed by atoms with E-state index in [-0.39, 0.29) is 35.9 Å². The van der Waals surface area contributed by atoms with Gasteiger partial charge in [-0.2, -0.15) is 0 Å². The molecule has 0 unspecified atom stereocenters. The Morgan fingerprint density at radius 2 is 1.30 bits per heavy atom. The second kappa shape index (κ2) is 12.6. The lowest BCUT2D eigenvalue weighted by Gasteiger charge is -2.30. The summed E-state index contributed by atoms with van der Waals surface area (Å²) in [6, 6.07) is 21.2. The summed E-state index contributed by atoms with van der Waals surface area (Å²) in [6.07, 6.45) is -0.580. The molecule has 3 aromatic rings. The number of fused-ring (bicyclic) bond motifs is 3. The van der Waals surface area contributed by atoms with E-state index in [1.165, 1.54) is 19.2 Å². The summed E-state index contributed by atoms with van der Waals surface area (Å²) >= 11 is 0. The molecule has 1 amide bonds. The van der Waals surface area contributed by atoms with E-state index in [0.29, 0.717) is 5.56 Å². The van der Waals surface area contributed by atoms with Crippen LogP contribution in [0.4, 0.5) is 4.79 Å². The Hall–Kier alpha value is -3.84. The van der Waals surface area contributed by atoms with Gasteiger partial charge in [0, 0.05) is 19.4 Å². The van der Waals surface area contributed by atoms with Crippen LogP contribution in [0.5, 0.6) is 5.75 Å². The molecule has 7 nitrogen and oxygen atoms in total. The Morgan fingerprint density at radius 3 is 1.73 bits per heavy atom. The maximum Gasteiger partial charge on any atom is 0.410 e. The van der Waals surface area contributed by atoms with Crippen LogP contribution < -0.4 is 0 Å². The summed E-state index contributed by atoms with van der Waals surface area (Å²) in [5, 5.41) is 19.1. The van der Waals surface area contributed by atoms with Gasteiger partial charge in [-0.1, -0.05) is 60.7 Å². The van der Waals surface area contributed by atoms with Crippen molar-refractivity contribution in [1.29, 1.82) is 0 Å². The van der Waals surface area contributed by atoms with E-state index in [0.717, 1.165) is 27.2 Å². The first-order valence-corrected chi connectivity index (χ1v) is 13.4. The van der Waals surface area contributed by atoms with Gasteiger partial charge in [0.25, 0.3) is 0 Å². The Kier molecular flexibility index (Phi) is 9.64. The van der Waals surface area contributed by atoms with Crippen molar-refractivity contribution < 1.29 is 29.3 Å². The number of nitrogens with zero attached hydrogens (tertiary/aromatic N) is 1. The van der Waals surface area contributed by atoms with Crippen LogP contribution in [0.1, 0.15) is 64.2 Å². The molecule has 0 spiro atoms. The van der Waals surface area contributed by atoms with Crippen LogP contribution in [0.3, 0.4) is 0 Å². The van der Waals surface area contributed by atoms with Gasteiger partial charge in [-0.3, -0.25) is 4.90 Å². The fraction of sp³-hybridized carbons (Fsp3) is 0.394. The molecular weight excluding hydrogens is 506 g/mol. The Balaban J connectivity index is 0.000000424. The number of amides is 1. The summed E-state index contributed by atoms with van der Waals surface area (Å²) in [5.74, 6) is -1.12. The molecule has 3 aromatic carbocycles. The van der Waals surface area contributed by atoms with Crippen molar-refractivity contribution in [3.63, 3.8) is 0 Å². The third kappa shape index (κ3) is 8.33. The number of carboxylic acid groups (broad SMARTS) is 1. The minimum atomic E-state index is -1.12. The lowest BCUT2D eigenvalue weighted by molar-refractivity contribution is -0.142. The molecule has 1 atom stereocenters. The third-order valence-corrected chi connectivity index (χ3v) is 6.35. The molecule has 0 aliphatic heterocycles. The predicted molar refractivity (Wildman–Crippen MR) is 157 cm³/mol. The highest BCUT2D eigenvalue weighted by Gasteiger charge is 2.32. The number of ether oxygens (including phenoxy) is 2. The van der Waals surface area contributed by atoms with Crippen LogP contribution in [0.25, 0.3) is 11.1 Å². The predicted octanol–water partition coefficient (Wildman–Crippen LogP) is 6.87. The zero-order valence-electron chi connectivity index (χ0n) is 24.5. The second-order valence-corrected chi connectivity index (χ2v) is 12.0. The number of phenolic OH excluding ortho intramolecular Hbond substituents is 1. The van der Waals surface area contributed by atoms with Crippen LogP contribution in [0.15, 0.2) is 72.8 Å². The molecule has 0 bridgehead atoms. The van der Waals surface area contributed by atoms with Crippen LogP contribution in [-0.2, 0) is 20.7 Å². The molecule has 214 valence electrons. The average molecular weight is 548 g/mol. The van der Waals surface area contributed by atoms with Gasteiger partial charge < -0.3 is 19.7 Å². The molecule has 2 N–H and O–H groups in total. The number of carbonyl (C=O) groups is 2. The maximum atomic E-state index is 12.7. The monoisotopic (exact) mass is 547 g/mol. The van der Waals surface area contributed by atoms with E-state index in [1.807, 2.05) is 36.4 Å². The van der Waals surface area contributed by atoms with Crippen LogP contribution in [0, 0.1) is 0 Å². The van der Waals surface area contributed by atoms with E-state index in [2.05, 4.69) is 53.7 Å². The van der Waals surface area contributed by atoms with Gasteiger partial charge in [-0.15, -0.1) is 0 Å². The first kappa shape index (κ1) is 30.7. The summed E-state index contributed by atoms with van der Waals surface area (Å²) in [6.45, 7) is 12.5. The normalized spacial score (nSPS) is 13.4. The van der Waals surface area contributed by atoms with Crippen molar-refractivity contribution in [3.8, 4) is 16.9 Å². The SMILES string of the molecule is CC(C)(C)OC(C)(C)C.CN(C(=O)OCC1c2ccccc2-c2ccccc21)[C@@H](Cc1ccc(O)cc1)C(=O)O. The molecule has 1 aliphatic carbocycles. The number of phenols is 1. The van der Waals surface area contributed by atoms with Crippen LogP contribution >= 0.6 is 0 Å². The van der Waals surface area contributed by atoms with Crippen LogP contribution in [-0.4, -0.2) is 58.1 Å². The standard InChI is InChI=1S/C25H23NO5.C8H18O/c1-26(23(24(28)29)14-16-10-12-17(27)13-11-16)25(30)31-15-22-20-8-4-2-6-18(20)19-7-3-5-9-21(19)22;1-7(2,3)9-8(4,5)6/h2-13,22-23,27H,14-15H2,1H3,(H,28,29);1-6H3/t23-;/m0./s1. The number of hydrogen-bond donors (Lipinski definition) is 2. The number of carboxylic acids is 1. The first-order valence-electron chi connectivity index (χ1n) is 13.4. The first-order chi connectivity index (χ1) is 18.7. The largest absolute Gasteiger partial charge is 0.508 e. The van der Waals surface area contributed by atoms with Gasteiger partial charge in [0.2, 0.25) is 0 Å². The Morgan fingerprint density at radius 1 is 0.825 bits per heavy atom. The minimum absolute atomic E-state index is 0.0156. The molecule has 0 fully saturated rings. The van der Waals surface area contributed by atoms with Crippen molar-refractivity contribution in [2.75, 3.05) is 13.7 Å². The zero-order chi connectivity index (χ0) is 29.7. The quantitative estimate of drug-likeness (QED) is 0.350. The summed E-state index contributed by atoms with van der Waals surface area (Å²) in [4.78, 5) is 25.6. The van der Waals surface area contributed by atoms with Gasteiger partial charge in [-0.25, -0.2) is 9.59 Å². The molecule has 0 aromatic heterocycles. The fourth-order valence-corrected chi connectivity index (χ4v) is 4.99. The molecule has 0 radical (unpaired) electrons. The molecular formula is C33H41NO6. The number of aromatic hydroxyl groups is 1. The molecule has 0 saturated heterocycles. The minimum Gasteiger partial charge on any atom is -0.508 e. The topological polar surface area (TPSA) is 96.3 Å². The van der Waals surface area contributed by atoms with E-state index < -0.39 is 18.1 Å². The smallest absolute Gasteiger partial charge is 0.410 e. The summed E-state index contributed by atoms with van der Waals surface area (Å²) < 4.78 is 11.2. The molecule has 1 aliphatic rings. The molecule has 7 heteroatoms. The number of likely N-dealkylation sites (N-methyl/N-ethyl adjacent to an activating group) is 1. The Bertz CT molecular complexity index is 1250. The van der Waals surface area contributed by atoms with Crippen LogP contribution in [0.2, 0.25) is 0 Å². The highest BCUT2D eigenvalue weighted by molar-refractivity contribution is 5.81. The summed E-state index contributed by atoms with van der Waals surface area (Å²) in [5.41, 5.74) is 5.11. The number of aliphatic carboxylic acids is 1. The fourth-order valence-electron chi connectivity index (χ4n) is 4.99. The lowest BCUT2D eigenvalue weighted by atomic mass is 9.98. The maximum absolute atomic E-state index is 12.7. The van der Waals surface area contributed by atoms with Gasteiger partial charge in [-0.05, 0) is 81.5 Å². The van der Waals surface area contributed by atoms with Gasteiger partial charge in [0.1, 0.15) is 18.4 Å². The van der Waals surface area contributed by atoms with Crippen molar-refractivity contribution >= 4 is 12.1 Å². The van der Waals surface area contributed by atoms with Gasteiger partial charge >= 0.3 is 12.1 Å². The third-order valence-electron chi connectivity index (χ3n) is 6.35. The molecule has 40 heavy (non-hydrogen) atoms. The molecule has 4 rings (SSSR count). The lowest BCUT2D eigenvalue weighted by Crippen LogP contribution is -2.44. The number of carbonyl (C=O) groups excluding carboxylic acids is 1. The van der Waals surface area contributed by atoms with Crippen molar-refractivity contribution in [2.24, 2.45) is 0 Å². The average Bonchev–Trinajstić information content (AvgIpc) is 3.18. The van der Waals surface area contributed by atoms with Gasteiger partial charge in [0.05, 0.1) is 11.2 Å². The summed E-state index contributed by atoms with van der Waals surface area (Å²) in [7, 11) is 1.43. The van der Waals surface area contributed by atoms with E-state index >= 15 is 0 Å². The zero-order valence-corrected chi connectivity index (χ0v) is 24.5. The Labute approximate surface area is 237 Å². The molecule has 0 saturated carbocycles. The highest BCUT2D eigenvalue weighted by Crippen LogP contribution is 2.44. The van der Waals surface area contributed by atoms with E-state index in [4.69, 9.17) is 9.47 Å². The number of hydrogen-bond acceptors (Lipinski definition) is 5. The highest BCUT2D eigenvalue weighted by atomic mass is 16.6. The van der Waals surface area contributed by atoms with Gasteiger partial charge in [0.15, 0.2) is 0 Å². The van der Waals surface area contributed by atoms with Crippen molar-refractivity contribution in [3.05, 3.63) is 89.5 Å². The second-order valence-electron chi connectivity index (χ2n) is 12.0. The van der Waals surface area contributed by atoms with E-state index in [9.17, 15) is 19.8 Å².